The molecule has 0 aromatic heterocycles. The number of hydrogen-bond donors (Lipinski definition) is 1. The van der Waals surface area contributed by atoms with Crippen LogP contribution in [-0.2, 0) is 10.9 Å². The lowest BCUT2D eigenvalue weighted by Crippen LogP contribution is -2.13. The van der Waals surface area contributed by atoms with E-state index in [0.717, 1.165) is 12.1 Å². The van der Waals surface area contributed by atoms with E-state index in [1.807, 2.05) is 13.8 Å². The Labute approximate surface area is 120 Å². The van der Waals surface area contributed by atoms with Gasteiger partial charge < -0.3 is 10.1 Å². The Morgan fingerprint density at radius 2 is 2.05 bits per heavy atom. The van der Waals surface area contributed by atoms with E-state index in [1.54, 1.807) is 0 Å². The second kappa shape index (κ2) is 7.26. The maximum Gasteiger partial charge on any atom is 0.416 e. The first-order valence-electron chi connectivity index (χ1n) is 6.39. The molecule has 0 fully saturated rings. The number of nitro benzene ring substituents is 1. The minimum absolute atomic E-state index is 0.0427. The van der Waals surface area contributed by atoms with E-state index in [1.165, 1.54) is 0 Å². The summed E-state index contributed by atoms with van der Waals surface area (Å²) < 4.78 is 42.9. The summed E-state index contributed by atoms with van der Waals surface area (Å²) in [6.45, 7) is 5.11. The van der Waals surface area contributed by atoms with Gasteiger partial charge in [0.2, 0.25) is 0 Å². The Balaban J connectivity index is 2.72. The molecule has 0 aliphatic heterocycles. The van der Waals surface area contributed by atoms with Crippen LogP contribution in [0.2, 0.25) is 0 Å². The first kappa shape index (κ1) is 17.2. The van der Waals surface area contributed by atoms with Gasteiger partial charge in [0.25, 0.3) is 5.69 Å². The predicted octanol–water partition coefficient (Wildman–Crippen LogP) is 3.70. The van der Waals surface area contributed by atoms with Crippen molar-refractivity contribution in [3.05, 3.63) is 33.9 Å². The molecule has 0 aliphatic rings. The van der Waals surface area contributed by atoms with Gasteiger partial charge in [-0.25, -0.2) is 0 Å². The summed E-state index contributed by atoms with van der Waals surface area (Å²) in [6, 6.07) is 2.39. The van der Waals surface area contributed by atoms with Crippen molar-refractivity contribution in [1.82, 2.24) is 0 Å². The van der Waals surface area contributed by atoms with E-state index in [9.17, 15) is 23.3 Å². The van der Waals surface area contributed by atoms with Crippen molar-refractivity contribution in [1.29, 1.82) is 0 Å². The molecule has 0 saturated carbocycles. The minimum atomic E-state index is -4.61. The number of rotatable bonds is 7. The number of halogens is 3. The third kappa shape index (κ3) is 5.58. The molecule has 0 spiro atoms. The van der Waals surface area contributed by atoms with Gasteiger partial charge in [0.05, 0.1) is 17.1 Å². The van der Waals surface area contributed by atoms with Gasteiger partial charge in [0, 0.05) is 19.2 Å². The summed E-state index contributed by atoms with van der Waals surface area (Å²) in [4.78, 5) is 10.0. The molecule has 0 aliphatic carbocycles. The highest BCUT2D eigenvalue weighted by Gasteiger charge is 2.32. The molecule has 1 rings (SSSR count). The van der Waals surface area contributed by atoms with E-state index in [0.29, 0.717) is 25.2 Å². The molecule has 0 heterocycles. The smallest absolute Gasteiger partial charge is 0.379 e. The zero-order chi connectivity index (χ0) is 16.0. The SMILES string of the molecule is CC(C)COCCNc1ccc(C(F)(F)F)cc1[N+](=O)[O-]. The Morgan fingerprint density at radius 3 is 2.57 bits per heavy atom. The van der Waals surface area contributed by atoms with Crippen molar-refractivity contribution in [3.63, 3.8) is 0 Å². The van der Waals surface area contributed by atoms with Crippen molar-refractivity contribution >= 4 is 11.4 Å². The molecule has 0 amide bonds. The Morgan fingerprint density at radius 1 is 1.38 bits per heavy atom. The van der Waals surface area contributed by atoms with Crippen LogP contribution in [-0.4, -0.2) is 24.7 Å². The molecular formula is C13H17F3N2O3. The lowest BCUT2D eigenvalue weighted by atomic mass is 10.1. The van der Waals surface area contributed by atoms with Crippen molar-refractivity contribution in [3.8, 4) is 0 Å². The molecule has 1 aromatic rings. The standard InChI is InChI=1S/C13H17F3N2O3/c1-9(2)8-21-6-5-17-11-4-3-10(13(14,15)16)7-12(11)18(19)20/h3-4,7,9,17H,5-6,8H2,1-2H3. The fourth-order valence-corrected chi connectivity index (χ4v) is 1.59. The Kier molecular flexibility index (Phi) is 5.95. The molecule has 0 atom stereocenters. The fraction of sp³-hybridized carbons (Fsp3) is 0.538. The van der Waals surface area contributed by atoms with Crippen molar-refractivity contribution < 1.29 is 22.8 Å². The van der Waals surface area contributed by atoms with Crippen LogP contribution in [0.3, 0.4) is 0 Å². The van der Waals surface area contributed by atoms with Crippen molar-refractivity contribution in [2.24, 2.45) is 5.92 Å². The van der Waals surface area contributed by atoms with E-state index >= 15 is 0 Å². The summed E-state index contributed by atoms with van der Waals surface area (Å²) in [5.41, 5.74) is -1.61. The van der Waals surface area contributed by atoms with Gasteiger partial charge in [-0.2, -0.15) is 13.2 Å². The van der Waals surface area contributed by atoms with E-state index in [4.69, 9.17) is 4.74 Å². The number of nitrogens with zero attached hydrogens (tertiary/aromatic N) is 1. The average Bonchev–Trinajstić information content (AvgIpc) is 2.36. The number of hydrogen-bond acceptors (Lipinski definition) is 4. The molecule has 1 aromatic carbocycles. The first-order valence-corrected chi connectivity index (χ1v) is 6.39. The molecule has 118 valence electrons. The topological polar surface area (TPSA) is 64.4 Å². The van der Waals surface area contributed by atoms with Crippen LogP contribution >= 0.6 is 0 Å². The maximum absolute atomic E-state index is 12.5. The molecule has 5 nitrogen and oxygen atoms in total. The molecule has 1 N–H and O–H groups in total. The van der Waals surface area contributed by atoms with Gasteiger partial charge in [0.15, 0.2) is 0 Å². The maximum atomic E-state index is 12.5. The average molecular weight is 306 g/mol. The second-order valence-electron chi connectivity index (χ2n) is 4.88. The third-order valence-electron chi connectivity index (χ3n) is 2.53. The minimum Gasteiger partial charge on any atom is -0.379 e. The number of nitro groups is 1. The van der Waals surface area contributed by atoms with Gasteiger partial charge in [-0.3, -0.25) is 10.1 Å². The van der Waals surface area contributed by atoms with Crippen LogP contribution < -0.4 is 5.32 Å². The fourth-order valence-electron chi connectivity index (χ4n) is 1.59. The molecule has 0 radical (unpaired) electrons. The molecule has 0 unspecified atom stereocenters. The number of alkyl halides is 3. The summed E-state index contributed by atoms with van der Waals surface area (Å²) >= 11 is 0. The molecular weight excluding hydrogens is 289 g/mol. The number of nitrogens with one attached hydrogen (secondary N) is 1. The van der Waals surface area contributed by atoms with Gasteiger partial charge in [-0.1, -0.05) is 13.8 Å². The largest absolute Gasteiger partial charge is 0.416 e. The molecule has 0 saturated heterocycles. The predicted molar refractivity (Wildman–Crippen MR) is 72.2 cm³/mol. The molecule has 21 heavy (non-hydrogen) atoms. The molecule has 0 bridgehead atoms. The zero-order valence-electron chi connectivity index (χ0n) is 11.7. The lowest BCUT2D eigenvalue weighted by molar-refractivity contribution is -0.384. The van der Waals surface area contributed by atoms with E-state index < -0.39 is 22.4 Å². The van der Waals surface area contributed by atoms with Crippen LogP contribution in [0.4, 0.5) is 24.5 Å². The number of ether oxygens (including phenoxy) is 1. The normalized spacial score (nSPS) is 11.7. The highest BCUT2D eigenvalue weighted by atomic mass is 19.4. The second-order valence-corrected chi connectivity index (χ2v) is 4.88. The summed E-state index contributed by atoms with van der Waals surface area (Å²) in [5, 5.41) is 13.6. The van der Waals surface area contributed by atoms with Crippen LogP contribution in [0.15, 0.2) is 18.2 Å². The quantitative estimate of drug-likeness (QED) is 0.474. The Bertz CT molecular complexity index is 490. The highest BCUT2D eigenvalue weighted by Crippen LogP contribution is 2.34. The zero-order valence-corrected chi connectivity index (χ0v) is 11.7. The number of anilines is 1. The van der Waals surface area contributed by atoms with Gasteiger partial charge in [0.1, 0.15) is 5.69 Å². The van der Waals surface area contributed by atoms with Crippen molar-refractivity contribution in [2.75, 3.05) is 25.1 Å². The van der Waals surface area contributed by atoms with E-state index in [-0.39, 0.29) is 12.2 Å². The first-order chi connectivity index (χ1) is 9.71. The Hall–Kier alpha value is -1.83. The summed E-state index contributed by atoms with van der Waals surface area (Å²) in [6.07, 6.45) is -4.61. The van der Waals surface area contributed by atoms with Gasteiger partial charge >= 0.3 is 6.18 Å². The molecule has 8 heteroatoms. The lowest BCUT2D eigenvalue weighted by Gasteiger charge is -2.11. The van der Waals surface area contributed by atoms with E-state index in [2.05, 4.69) is 5.32 Å². The van der Waals surface area contributed by atoms with Crippen LogP contribution in [0.1, 0.15) is 19.4 Å². The van der Waals surface area contributed by atoms with Crippen LogP contribution in [0.5, 0.6) is 0 Å². The highest BCUT2D eigenvalue weighted by molar-refractivity contribution is 5.62. The van der Waals surface area contributed by atoms with Gasteiger partial charge in [-0.15, -0.1) is 0 Å². The van der Waals surface area contributed by atoms with Crippen molar-refractivity contribution in [2.45, 2.75) is 20.0 Å². The third-order valence-corrected chi connectivity index (χ3v) is 2.53. The summed E-state index contributed by atoms with van der Waals surface area (Å²) in [7, 11) is 0. The number of benzene rings is 1. The monoisotopic (exact) mass is 306 g/mol. The van der Waals surface area contributed by atoms with Crippen LogP contribution in [0.25, 0.3) is 0 Å². The van der Waals surface area contributed by atoms with Gasteiger partial charge in [-0.05, 0) is 18.1 Å². The summed E-state index contributed by atoms with van der Waals surface area (Å²) in [5.74, 6) is 0.366. The van der Waals surface area contributed by atoms with Crippen LogP contribution in [0, 0.1) is 16.0 Å².